The van der Waals surface area contributed by atoms with Gasteiger partial charge < -0.3 is 20.1 Å². The van der Waals surface area contributed by atoms with E-state index in [1.165, 1.54) is 5.56 Å². The third-order valence-electron chi connectivity index (χ3n) is 3.76. The number of hydrogen-bond donors (Lipinski definition) is 2. The van der Waals surface area contributed by atoms with Crippen LogP contribution in [0.4, 0.5) is 5.69 Å². The second-order valence-corrected chi connectivity index (χ2v) is 5.84. The molecule has 6 heteroatoms. The molecule has 2 N–H and O–H groups in total. The minimum atomic E-state index is -0.545. The molecule has 0 aliphatic heterocycles. The van der Waals surface area contributed by atoms with E-state index in [9.17, 15) is 9.59 Å². The molecule has 138 valence electrons. The SMILES string of the molecule is CNc1ccccc1C(=O)OCC(=O)NCCOc1ccc(C)cc1C. The van der Waals surface area contributed by atoms with Crippen LogP contribution in [0, 0.1) is 13.8 Å². The summed E-state index contributed by atoms with van der Waals surface area (Å²) in [5.41, 5.74) is 3.26. The lowest BCUT2D eigenvalue weighted by Gasteiger charge is -2.11. The predicted molar refractivity (Wildman–Crippen MR) is 101 cm³/mol. The van der Waals surface area contributed by atoms with Crippen molar-refractivity contribution in [1.82, 2.24) is 5.32 Å². The molecule has 2 rings (SSSR count). The van der Waals surface area contributed by atoms with Crippen molar-refractivity contribution in [3.05, 3.63) is 59.2 Å². The lowest BCUT2D eigenvalue weighted by atomic mass is 10.1. The van der Waals surface area contributed by atoms with Crippen LogP contribution in [-0.2, 0) is 9.53 Å². The number of carbonyl (C=O) groups is 2. The van der Waals surface area contributed by atoms with Gasteiger partial charge in [-0.05, 0) is 37.6 Å². The van der Waals surface area contributed by atoms with Gasteiger partial charge in [0.1, 0.15) is 12.4 Å². The molecule has 0 unspecified atom stereocenters. The van der Waals surface area contributed by atoms with Gasteiger partial charge in [-0.15, -0.1) is 0 Å². The zero-order valence-corrected chi connectivity index (χ0v) is 15.3. The highest BCUT2D eigenvalue weighted by Crippen LogP contribution is 2.18. The van der Waals surface area contributed by atoms with Gasteiger partial charge >= 0.3 is 5.97 Å². The van der Waals surface area contributed by atoms with E-state index in [2.05, 4.69) is 10.6 Å². The molecule has 0 aliphatic rings. The number of aryl methyl sites for hydroxylation is 2. The normalized spacial score (nSPS) is 10.1. The Balaban J connectivity index is 1.71. The summed E-state index contributed by atoms with van der Waals surface area (Å²) in [6, 6.07) is 12.9. The third kappa shape index (κ3) is 5.51. The first-order chi connectivity index (χ1) is 12.5. The summed E-state index contributed by atoms with van der Waals surface area (Å²) >= 11 is 0. The molecule has 0 radical (unpaired) electrons. The van der Waals surface area contributed by atoms with Crippen molar-refractivity contribution in [3.63, 3.8) is 0 Å². The second-order valence-electron chi connectivity index (χ2n) is 5.84. The van der Waals surface area contributed by atoms with Crippen LogP contribution in [0.25, 0.3) is 0 Å². The van der Waals surface area contributed by atoms with Crippen LogP contribution in [0.3, 0.4) is 0 Å². The minimum absolute atomic E-state index is 0.330. The van der Waals surface area contributed by atoms with E-state index in [1.54, 1.807) is 25.2 Å². The summed E-state index contributed by atoms with van der Waals surface area (Å²) in [6.07, 6.45) is 0. The van der Waals surface area contributed by atoms with Crippen molar-refractivity contribution >= 4 is 17.6 Å². The molecule has 0 bridgehead atoms. The van der Waals surface area contributed by atoms with E-state index in [1.807, 2.05) is 38.1 Å². The van der Waals surface area contributed by atoms with E-state index in [-0.39, 0.29) is 12.5 Å². The second kappa shape index (κ2) is 9.46. The van der Waals surface area contributed by atoms with Gasteiger partial charge in [-0.1, -0.05) is 29.8 Å². The standard InChI is InChI=1S/C20H24N2O4/c1-14-8-9-18(15(2)12-14)25-11-10-22-19(23)13-26-20(24)16-6-4-5-7-17(16)21-3/h4-9,12,21H,10-11,13H2,1-3H3,(H,22,23). The Labute approximate surface area is 153 Å². The summed E-state index contributed by atoms with van der Waals surface area (Å²) in [4.78, 5) is 23.8. The number of hydrogen-bond acceptors (Lipinski definition) is 5. The Hall–Kier alpha value is -3.02. The number of ether oxygens (including phenoxy) is 2. The highest BCUT2D eigenvalue weighted by molar-refractivity contribution is 5.96. The predicted octanol–water partition coefficient (Wildman–Crippen LogP) is 2.70. The number of carbonyl (C=O) groups excluding carboxylic acids is 2. The van der Waals surface area contributed by atoms with E-state index in [0.29, 0.717) is 24.4 Å². The lowest BCUT2D eigenvalue weighted by molar-refractivity contribution is -0.124. The van der Waals surface area contributed by atoms with Gasteiger partial charge in [0, 0.05) is 12.7 Å². The Kier molecular flexibility index (Phi) is 7.02. The van der Waals surface area contributed by atoms with Crippen molar-refractivity contribution in [2.45, 2.75) is 13.8 Å². The Morgan fingerprint density at radius 2 is 1.85 bits per heavy atom. The zero-order valence-electron chi connectivity index (χ0n) is 15.3. The van der Waals surface area contributed by atoms with Crippen LogP contribution in [0.15, 0.2) is 42.5 Å². The van der Waals surface area contributed by atoms with Gasteiger partial charge in [0.15, 0.2) is 6.61 Å². The third-order valence-corrected chi connectivity index (χ3v) is 3.76. The van der Waals surface area contributed by atoms with Gasteiger partial charge in [0.05, 0.1) is 12.1 Å². The minimum Gasteiger partial charge on any atom is -0.491 e. The maximum atomic E-state index is 12.0. The lowest BCUT2D eigenvalue weighted by Crippen LogP contribution is -2.32. The highest BCUT2D eigenvalue weighted by atomic mass is 16.5. The molecule has 0 spiro atoms. The number of nitrogens with one attached hydrogen (secondary N) is 2. The molecular weight excluding hydrogens is 332 g/mol. The van der Waals surface area contributed by atoms with Crippen LogP contribution in [-0.4, -0.2) is 38.7 Å². The fourth-order valence-corrected chi connectivity index (χ4v) is 2.45. The van der Waals surface area contributed by atoms with Gasteiger partial charge in [0.25, 0.3) is 5.91 Å². The highest BCUT2D eigenvalue weighted by Gasteiger charge is 2.13. The van der Waals surface area contributed by atoms with Crippen LogP contribution in [0.1, 0.15) is 21.5 Å². The summed E-state index contributed by atoms with van der Waals surface area (Å²) in [7, 11) is 1.72. The fourth-order valence-electron chi connectivity index (χ4n) is 2.45. The number of rotatable bonds is 8. The smallest absolute Gasteiger partial charge is 0.340 e. The van der Waals surface area contributed by atoms with Gasteiger partial charge in [-0.25, -0.2) is 4.79 Å². The maximum Gasteiger partial charge on any atom is 0.340 e. The Bertz CT molecular complexity index is 774. The molecule has 0 saturated heterocycles. The van der Waals surface area contributed by atoms with Crippen molar-refractivity contribution in [3.8, 4) is 5.75 Å². The first kappa shape index (κ1) is 19.3. The first-order valence-electron chi connectivity index (χ1n) is 8.42. The topological polar surface area (TPSA) is 76.7 Å². The molecule has 0 heterocycles. The van der Waals surface area contributed by atoms with Crippen LogP contribution in [0.2, 0.25) is 0 Å². The average Bonchev–Trinajstić information content (AvgIpc) is 2.64. The van der Waals surface area contributed by atoms with E-state index in [4.69, 9.17) is 9.47 Å². The molecule has 1 amide bonds. The molecule has 0 aliphatic carbocycles. The number of benzene rings is 2. The molecule has 2 aromatic rings. The van der Waals surface area contributed by atoms with Crippen molar-refractivity contribution < 1.29 is 19.1 Å². The van der Waals surface area contributed by atoms with E-state index < -0.39 is 5.97 Å². The van der Waals surface area contributed by atoms with Crippen LogP contribution >= 0.6 is 0 Å². The van der Waals surface area contributed by atoms with Crippen molar-refractivity contribution in [1.29, 1.82) is 0 Å². The summed E-state index contributed by atoms with van der Waals surface area (Å²) in [6.45, 7) is 4.33. The van der Waals surface area contributed by atoms with Gasteiger partial charge in [-0.2, -0.15) is 0 Å². The molecule has 0 saturated carbocycles. The van der Waals surface area contributed by atoms with E-state index in [0.717, 1.165) is 11.3 Å². The van der Waals surface area contributed by atoms with Crippen LogP contribution in [0.5, 0.6) is 5.75 Å². The molecule has 0 fully saturated rings. The zero-order chi connectivity index (χ0) is 18.9. The number of para-hydroxylation sites is 1. The molecule has 6 nitrogen and oxygen atoms in total. The summed E-state index contributed by atoms with van der Waals surface area (Å²) in [5.74, 6) is -0.124. The molecule has 26 heavy (non-hydrogen) atoms. The molecule has 0 aromatic heterocycles. The number of esters is 1. The molecule has 2 aromatic carbocycles. The van der Waals surface area contributed by atoms with Gasteiger partial charge in [0.2, 0.25) is 0 Å². The average molecular weight is 356 g/mol. The fraction of sp³-hybridized carbons (Fsp3) is 0.300. The first-order valence-corrected chi connectivity index (χ1v) is 8.42. The quantitative estimate of drug-likeness (QED) is 0.562. The number of amides is 1. The summed E-state index contributed by atoms with van der Waals surface area (Å²) in [5, 5.41) is 5.57. The summed E-state index contributed by atoms with van der Waals surface area (Å²) < 4.78 is 10.7. The van der Waals surface area contributed by atoms with Crippen molar-refractivity contribution in [2.75, 3.05) is 32.1 Å². The largest absolute Gasteiger partial charge is 0.491 e. The van der Waals surface area contributed by atoms with Crippen LogP contribution < -0.4 is 15.4 Å². The Morgan fingerprint density at radius 3 is 2.58 bits per heavy atom. The molecular formula is C20H24N2O4. The van der Waals surface area contributed by atoms with E-state index >= 15 is 0 Å². The van der Waals surface area contributed by atoms with Crippen molar-refractivity contribution in [2.24, 2.45) is 0 Å². The number of anilines is 1. The molecule has 0 atom stereocenters. The van der Waals surface area contributed by atoms with Gasteiger partial charge in [-0.3, -0.25) is 4.79 Å². The maximum absolute atomic E-state index is 12.0. The monoisotopic (exact) mass is 356 g/mol. The Morgan fingerprint density at radius 1 is 1.08 bits per heavy atom.